The highest BCUT2D eigenvalue weighted by molar-refractivity contribution is 5.71. The molecular formula is C11H12N2. The second-order valence-electron chi connectivity index (χ2n) is 3.32. The van der Waals surface area contributed by atoms with E-state index in [1.165, 1.54) is 5.57 Å². The molecule has 1 unspecified atom stereocenters. The van der Waals surface area contributed by atoms with E-state index in [4.69, 9.17) is 0 Å². The van der Waals surface area contributed by atoms with Crippen molar-refractivity contribution >= 4 is 5.57 Å². The van der Waals surface area contributed by atoms with Crippen molar-refractivity contribution in [3.8, 4) is 0 Å². The van der Waals surface area contributed by atoms with Crippen LogP contribution >= 0.6 is 0 Å². The molecule has 0 saturated carbocycles. The van der Waals surface area contributed by atoms with Crippen molar-refractivity contribution < 1.29 is 0 Å². The summed E-state index contributed by atoms with van der Waals surface area (Å²) in [5.74, 6) is 0.653. The summed E-state index contributed by atoms with van der Waals surface area (Å²) in [7, 11) is 0. The van der Waals surface area contributed by atoms with E-state index < -0.39 is 0 Å². The lowest BCUT2D eigenvalue weighted by atomic mass is 9.97. The van der Waals surface area contributed by atoms with Crippen LogP contribution in [0.25, 0.3) is 5.57 Å². The van der Waals surface area contributed by atoms with E-state index in [-0.39, 0.29) is 0 Å². The van der Waals surface area contributed by atoms with Gasteiger partial charge < -0.3 is 0 Å². The van der Waals surface area contributed by atoms with E-state index in [9.17, 15) is 0 Å². The first kappa shape index (κ1) is 8.17. The van der Waals surface area contributed by atoms with Crippen molar-refractivity contribution in [3.63, 3.8) is 0 Å². The van der Waals surface area contributed by atoms with Crippen LogP contribution in [0.4, 0.5) is 0 Å². The second kappa shape index (κ2) is 3.52. The summed E-state index contributed by atoms with van der Waals surface area (Å²) in [4.78, 5) is 8.29. The molecule has 2 rings (SSSR count). The third kappa shape index (κ3) is 1.83. The standard InChI is InChI=1S/C11H12N2/c1-9-2-4-10(5-3-9)11-8-12-6-7-13-11/h2,4-9H,3H2,1H3. The van der Waals surface area contributed by atoms with Crippen LogP contribution in [0, 0.1) is 5.92 Å². The molecule has 1 heterocycles. The number of hydrogen-bond acceptors (Lipinski definition) is 2. The maximum Gasteiger partial charge on any atom is 0.0881 e. The zero-order valence-corrected chi connectivity index (χ0v) is 7.64. The maximum absolute atomic E-state index is 4.25. The van der Waals surface area contributed by atoms with E-state index in [1.807, 2.05) is 0 Å². The van der Waals surface area contributed by atoms with Gasteiger partial charge in [-0.2, -0.15) is 0 Å². The van der Waals surface area contributed by atoms with E-state index in [0.717, 1.165) is 12.1 Å². The molecule has 1 aromatic heterocycles. The average molecular weight is 172 g/mol. The Balaban J connectivity index is 2.25. The summed E-state index contributed by atoms with van der Waals surface area (Å²) >= 11 is 0. The van der Waals surface area contributed by atoms with Gasteiger partial charge in [0, 0.05) is 12.4 Å². The molecule has 1 aromatic rings. The molecule has 2 nitrogen and oxygen atoms in total. The minimum Gasteiger partial charge on any atom is -0.261 e. The van der Waals surface area contributed by atoms with Crippen LogP contribution in [0.1, 0.15) is 19.0 Å². The fourth-order valence-electron chi connectivity index (χ4n) is 1.37. The van der Waals surface area contributed by atoms with Gasteiger partial charge in [0.2, 0.25) is 0 Å². The minimum absolute atomic E-state index is 0.653. The van der Waals surface area contributed by atoms with Gasteiger partial charge in [0.15, 0.2) is 0 Å². The van der Waals surface area contributed by atoms with Gasteiger partial charge >= 0.3 is 0 Å². The van der Waals surface area contributed by atoms with Gasteiger partial charge in [-0.3, -0.25) is 9.97 Å². The Morgan fingerprint density at radius 3 is 2.92 bits per heavy atom. The van der Waals surface area contributed by atoms with Crippen molar-refractivity contribution in [1.29, 1.82) is 0 Å². The molecule has 0 fully saturated rings. The Labute approximate surface area is 78.0 Å². The van der Waals surface area contributed by atoms with Gasteiger partial charge in [0.1, 0.15) is 0 Å². The Morgan fingerprint density at radius 2 is 2.31 bits per heavy atom. The minimum atomic E-state index is 0.653. The van der Waals surface area contributed by atoms with Gasteiger partial charge in [-0.15, -0.1) is 0 Å². The molecule has 2 heteroatoms. The highest BCUT2D eigenvalue weighted by Gasteiger charge is 2.05. The van der Waals surface area contributed by atoms with E-state index in [2.05, 4.69) is 35.1 Å². The molecule has 66 valence electrons. The zero-order valence-electron chi connectivity index (χ0n) is 7.64. The third-order valence-corrected chi connectivity index (χ3v) is 2.17. The normalized spacial score (nSPS) is 21.3. The summed E-state index contributed by atoms with van der Waals surface area (Å²) < 4.78 is 0. The topological polar surface area (TPSA) is 25.8 Å². The number of allylic oxidation sites excluding steroid dienone is 4. The smallest absolute Gasteiger partial charge is 0.0881 e. The highest BCUT2D eigenvalue weighted by Crippen LogP contribution is 2.21. The third-order valence-electron chi connectivity index (χ3n) is 2.17. The van der Waals surface area contributed by atoms with Crippen molar-refractivity contribution in [2.24, 2.45) is 5.92 Å². The molecule has 1 atom stereocenters. The summed E-state index contributed by atoms with van der Waals surface area (Å²) in [6, 6.07) is 0. The molecule has 0 aliphatic heterocycles. The molecule has 1 aliphatic carbocycles. The van der Waals surface area contributed by atoms with Crippen LogP contribution in [0.2, 0.25) is 0 Å². The average Bonchev–Trinajstić information content (AvgIpc) is 2.20. The number of hydrogen-bond donors (Lipinski definition) is 0. The monoisotopic (exact) mass is 172 g/mol. The van der Waals surface area contributed by atoms with E-state index in [0.29, 0.717) is 5.92 Å². The molecule has 0 bridgehead atoms. The van der Waals surface area contributed by atoms with Crippen molar-refractivity contribution in [2.45, 2.75) is 13.3 Å². The van der Waals surface area contributed by atoms with Crippen LogP contribution in [-0.4, -0.2) is 9.97 Å². The highest BCUT2D eigenvalue weighted by atomic mass is 14.8. The Morgan fingerprint density at radius 1 is 1.38 bits per heavy atom. The summed E-state index contributed by atoms with van der Waals surface area (Å²) in [5.41, 5.74) is 2.15. The lowest BCUT2D eigenvalue weighted by Crippen LogP contribution is -1.95. The maximum atomic E-state index is 4.25. The van der Waals surface area contributed by atoms with Crippen molar-refractivity contribution in [1.82, 2.24) is 9.97 Å². The molecule has 0 saturated heterocycles. The second-order valence-corrected chi connectivity index (χ2v) is 3.32. The Hall–Kier alpha value is -1.44. The van der Waals surface area contributed by atoms with Gasteiger partial charge in [-0.1, -0.05) is 25.2 Å². The quantitative estimate of drug-likeness (QED) is 0.650. The molecule has 0 radical (unpaired) electrons. The number of aromatic nitrogens is 2. The number of nitrogens with zero attached hydrogens (tertiary/aromatic N) is 2. The molecule has 0 N–H and O–H groups in total. The Kier molecular flexibility index (Phi) is 2.21. The summed E-state index contributed by atoms with van der Waals surface area (Å²) in [6.07, 6.45) is 12.9. The summed E-state index contributed by atoms with van der Waals surface area (Å²) in [5, 5.41) is 0. The van der Waals surface area contributed by atoms with Gasteiger partial charge in [-0.05, 0) is 17.9 Å². The van der Waals surface area contributed by atoms with E-state index in [1.54, 1.807) is 18.6 Å². The van der Waals surface area contributed by atoms with Crippen LogP contribution < -0.4 is 0 Å². The Bertz CT molecular complexity index is 338. The molecule has 0 aromatic carbocycles. The predicted octanol–water partition coefficient (Wildman–Crippen LogP) is 2.46. The van der Waals surface area contributed by atoms with E-state index >= 15 is 0 Å². The van der Waals surface area contributed by atoms with Crippen molar-refractivity contribution in [2.75, 3.05) is 0 Å². The SMILES string of the molecule is CC1C=CC(c2cnccn2)=CC1. The van der Waals surface area contributed by atoms with Gasteiger partial charge in [0.05, 0.1) is 11.9 Å². The largest absolute Gasteiger partial charge is 0.261 e. The molecular weight excluding hydrogens is 160 g/mol. The van der Waals surface area contributed by atoms with Crippen molar-refractivity contribution in [3.05, 3.63) is 42.5 Å². The fourth-order valence-corrected chi connectivity index (χ4v) is 1.37. The lowest BCUT2D eigenvalue weighted by molar-refractivity contribution is 0.738. The molecule has 0 amide bonds. The van der Waals surface area contributed by atoms with Gasteiger partial charge in [-0.25, -0.2) is 0 Å². The van der Waals surface area contributed by atoms with Crippen LogP contribution in [0.5, 0.6) is 0 Å². The summed E-state index contributed by atoms with van der Waals surface area (Å²) in [6.45, 7) is 2.21. The first-order valence-corrected chi connectivity index (χ1v) is 4.51. The molecule has 13 heavy (non-hydrogen) atoms. The zero-order chi connectivity index (χ0) is 9.10. The predicted molar refractivity (Wildman–Crippen MR) is 52.9 cm³/mol. The van der Waals surface area contributed by atoms with Crippen LogP contribution in [0.3, 0.4) is 0 Å². The van der Waals surface area contributed by atoms with Crippen LogP contribution in [-0.2, 0) is 0 Å². The first-order valence-electron chi connectivity index (χ1n) is 4.51. The number of rotatable bonds is 1. The van der Waals surface area contributed by atoms with Gasteiger partial charge in [0.25, 0.3) is 0 Å². The molecule has 1 aliphatic rings. The lowest BCUT2D eigenvalue weighted by Gasteiger charge is -2.10. The fraction of sp³-hybridized carbons (Fsp3) is 0.273. The first-order chi connectivity index (χ1) is 6.36. The van der Waals surface area contributed by atoms with Crippen LogP contribution in [0.15, 0.2) is 36.8 Å². The molecule has 0 spiro atoms.